The Morgan fingerprint density at radius 3 is 2.83 bits per heavy atom. The van der Waals surface area contributed by atoms with Crippen LogP contribution in [0.1, 0.15) is 5.56 Å². The third-order valence-corrected chi connectivity index (χ3v) is 3.23. The summed E-state index contributed by atoms with van der Waals surface area (Å²) in [5, 5.41) is 0.685. The first kappa shape index (κ1) is 12.4. The van der Waals surface area contributed by atoms with Gasteiger partial charge in [-0.2, -0.15) is 0 Å². The van der Waals surface area contributed by atoms with E-state index >= 15 is 0 Å². The van der Waals surface area contributed by atoms with Gasteiger partial charge in [0.15, 0.2) is 11.5 Å². The van der Waals surface area contributed by atoms with Crippen molar-refractivity contribution in [3.05, 3.63) is 35.7 Å². The first-order valence-electron chi connectivity index (χ1n) is 5.07. The Morgan fingerprint density at radius 1 is 1.39 bits per heavy atom. The minimum Gasteiger partial charge on any atom is -0.454 e. The summed E-state index contributed by atoms with van der Waals surface area (Å²) >= 11 is 0. The molecule has 0 spiro atoms. The minimum atomic E-state index is -3.74. The molecular formula is C11H11NO5S. The fraction of sp³-hybridized carbons (Fsp3) is 0.182. The van der Waals surface area contributed by atoms with Gasteiger partial charge in [-0.3, -0.25) is 4.79 Å². The van der Waals surface area contributed by atoms with Crippen molar-refractivity contribution < 1.29 is 22.7 Å². The van der Waals surface area contributed by atoms with Gasteiger partial charge in [0.25, 0.3) is 10.0 Å². The minimum absolute atomic E-state index is 0.0658. The van der Waals surface area contributed by atoms with E-state index in [0.29, 0.717) is 22.5 Å². The van der Waals surface area contributed by atoms with Crippen LogP contribution in [0.3, 0.4) is 0 Å². The van der Waals surface area contributed by atoms with Gasteiger partial charge in [-0.1, -0.05) is 12.6 Å². The Kier molecular flexibility index (Phi) is 3.24. The Balaban J connectivity index is 2.06. The summed E-state index contributed by atoms with van der Waals surface area (Å²) in [7, 11) is -3.74. The molecule has 0 aromatic heterocycles. The van der Waals surface area contributed by atoms with Crippen molar-refractivity contribution in [3.8, 4) is 11.5 Å². The van der Waals surface area contributed by atoms with Crippen LogP contribution in [0, 0.1) is 0 Å². The van der Waals surface area contributed by atoms with Crippen LogP contribution in [0.5, 0.6) is 11.5 Å². The molecule has 0 unspecified atom stereocenters. The van der Waals surface area contributed by atoms with Crippen LogP contribution in [0.25, 0.3) is 0 Å². The van der Waals surface area contributed by atoms with Crippen molar-refractivity contribution >= 4 is 15.9 Å². The zero-order valence-corrected chi connectivity index (χ0v) is 10.2. The lowest BCUT2D eigenvalue weighted by molar-refractivity contribution is -0.118. The van der Waals surface area contributed by atoms with Gasteiger partial charge in [0.1, 0.15) is 0 Å². The second-order valence-corrected chi connectivity index (χ2v) is 5.23. The highest BCUT2D eigenvalue weighted by Crippen LogP contribution is 2.32. The third-order valence-electron chi connectivity index (χ3n) is 2.28. The predicted octanol–water partition coefficient (Wildman–Crippen LogP) is 0.547. The second-order valence-electron chi connectivity index (χ2n) is 3.60. The number of amides is 1. The number of rotatable bonds is 4. The Bertz CT molecular complexity index is 593. The average molecular weight is 269 g/mol. The lowest BCUT2D eigenvalue weighted by Crippen LogP contribution is -2.29. The maximum atomic E-state index is 11.5. The third kappa shape index (κ3) is 2.80. The fourth-order valence-electron chi connectivity index (χ4n) is 1.47. The van der Waals surface area contributed by atoms with Crippen LogP contribution < -0.4 is 14.2 Å². The molecule has 0 bridgehead atoms. The average Bonchev–Trinajstić information content (AvgIpc) is 2.75. The van der Waals surface area contributed by atoms with E-state index in [0.717, 1.165) is 0 Å². The monoisotopic (exact) mass is 269 g/mol. The van der Waals surface area contributed by atoms with Gasteiger partial charge in [0, 0.05) is 5.41 Å². The van der Waals surface area contributed by atoms with E-state index in [-0.39, 0.29) is 13.2 Å². The quantitative estimate of drug-likeness (QED) is 0.863. The summed E-state index contributed by atoms with van der Waals surface area (Å²) < 4.78 is 34.3. The molecule has 0 aliphatic carbocycles. The van der Waals surface area contributed by atoms with Gasteiger partial charge in [-0.15, -0.1) is 0 Å². The highest BCUT2D eigenvalue weighted by atomic mass is 32.2. The van der Waals surface area contributed by atoms with Crippen molar-refractivity contribution in [2.24, 2.45) is 0 Å². The molecule has 1 aliphatic heterocycles. The SMILES string of the molecule is C=CS(=O)(=O)NC(=O)Cc1ccc2c(c1)OCO2. The molecule has 0 radical (unpaired) electrons. The lowest BCUT2D eigenvalue weighted by atomic mass is 10.1. The van der Waals surface area contributed by atoms with Crippen molar-refractivity contribution in [1.29, 1.82) is 0 Å². The number of nitrogens with one attached hydrogen (secondary N) is 1. The lowest BCUT2D eigenvalue weighted by Gasteiger charge is -2.04. The zero-order valence-electron chi connectivity index (χ0n) is 9.38. The maximum absolute atomic E-state index is 11.5. The maximum Gasteiger partial charge on any atom is 0.256 e. The molecule has 1 aromatic carbocycles. The summed E-state index contributed by atoms with van der Waals surface area (Å²) in [5.41, 5.74) is 0.635. The highest BCUT2D eigenvalue weighted by molar-refractivity contribution is 7.92. The molecule has 0 fully saturated rings. The molecule has 2 rings (SSSR count). The molecule has 18 heavy (non-hydrogen) atoms. The smallest absolute Gasteiger partial charge is 0.256 e. The topological polar surface area (TPSA) is 81.7 Å². The molecular weight excluding hydrogens is 258 g/mol. The normalized spacial score (nSPS) is 13.1. The number of fused-ring (bicyclic) bond motifs is 1. The Labute approximate surface area is 104 Å². The molecule has 1 aliphatic rings. The molecule has 96 valence electrons. The molecule has 6 nitrogen and oxygen atoms in total. The molecule has 1 amide bonds. The fourth-order valence-corrected chi connectivity index (χ4v) is 1.95. The summed E-state index contributed by atoms with van der Waals surface area (Å²) in [6, 6.07) is 4.99. The largest absolute Gasteiger partial charge is 0.454 e. The predicted molar refractivity (Wildman–Crippen MR) is 63.5 cm³/mol. The molecule has 1 heterocycles. The zero-order chi connectivity index (χ0) is 13.2. The highest BCUT2D eigenvalue weighted by Gasteiger charge is 2.16. The van der Waals surface area contributed by atoms with Gasteiger partial charge >= 0.3 is 0 Å². The molecule has 7 heteroatoms. The van der Waals surface area contributed by atoms with Gasteiger partial charge in [-0.25, -0.2) is 13.1 Å². The first-order valence-corrected chi connectivity index (χ1v) is 6.61. The van der Waals surface area contributed by atoms with E-state index in [1.807, 2.05) is 4.72 Å². The molecule has 1 N–H and O–H groups in total. The van der Waals surface area contributed by atoms with E-state index in [1.54, 1.807) is 18.2 Å². The van der Waals surface area contributed by atoms with Crippen LogP contribution in [0.15, 0.2) is 30.2 Å². The van der Waals surface area contributed by atoms with Gasteiger partial charge in [0.2, 0.25) is 12.7 Å². The van der Waals surface area contributed by atoms with Gasteiger partial charge in [-0.05, 0) is 17.7 Å². The molecule has 0 saturated heterocycles. The first-order chi connectivity index (χ1) is 8.50. The second kappa shape index (κ2) is 4.69. The number of carbonyl (C=O) groups is 1. The Hall–Kier alpha value is -2.02. The number of ether oxygens (including phenoxy) is 2. The summed E-state index contributed by atoms with van der Waals surface area (Å²) in [5.74, 6) is 0.526. The van der Waals surface area contributed by atoms with Crippen molar-refractivity contribution in [1.82, 2.24) is 4.72 Å². The summed E-state index contributed by atoms with van der Waals surface area (Å²) in [4.78, 5) is 11.5. The van der Waals surface area contributed by atoms with E-state index in [1.165, 1.54) is 0 Å². The molecule has 0 atom stereocenters. The van der Waals surface area contributed by atoms with E-state index in [9.17, 15) is 13.2 Å². The van der Waals surface area contributed by atoms with Crippen molar-refractivity contribution in [2.75, 3.05) is 6.79 Å². The number of hydrogen-bond donors (Lipinski definition) is 1. The van der Waals surface area contributed by atoms with Crippen molar-refractivity contribution in [3.63, 3.8) is 0 Å². The van der Waals surface area contributed by atoms with Crippen LogP contribution >= 0.6 is 0 Å². The standard InChI is InChI=1S/C11H11NO5S/c1-2-18(14,15)12-11(13)6-8-3-4-9-10(5-8)17-7-16-9/h2-5H,1,6-7H2,(H,12,13). The summed E-state index contributed by atoms with van der Waals surface area (Å²) in [6.45, 7) is 3.25. The van der Waals surface area contributed by atoms with E-state index < -0.39 is 15.9 Å². The van der Waals surface area contributed by atoms with Gasteiger partial charge in [0.05, 0.1) is 6.42 Å². The van der Waals surface area contributed by atoms with Crippen LogP contribution in [-0.2, 0) is 21.2 Å². The van der Waals surface area contributed by atoms with E-state index in [4.69, 9.17) is 9.47 Å². The number of sulfonamides is 1. The molecule has 0 saturated carbocycles. The number of hydrogen-bond acceptors (Lipinski definition) is 5. The van der Waals surface area contributed by atoms with E-state index in [2.05, 4.69) is 6.58 Å². The molecule has 1 aromatic rings. The number of carbonyl (C=O) groups excluding carboxylic acids is 1. The summed E-state index contributed by atoms with van der Waals surface area (Å²) in [6.07, 6.45) is -0.0658. The van der Waals surface area contributed by atoms with Crippen LogP contribution in [-0.4, -0.2) is 21.1 Å². The van der Waals surface area contributed by atoms with Crippen molar-refractivity contribution in [2.45, 2.75) is 6.42 Å². The van der Waals surface area contributed by atoms with Crippen LogP contribution in [0.2, 0.25) is 0 Å². The number of benzene rings is 1. The van der Waals surface area contributed by atoms with Crippen LogP contribution in [0.4, 0.5) is 0 Å². The Morgan fingerprint density at radius 2 is 2.11 bits per heavy atom. The van der Waals surface area contributed by atoms with Gasteiger partial charge < -0.3 is 9.47 Å².